The molecule has 0 atom stereocenters. The Morgan fingerprint density at radius 1 is 1.04 bits per heavy atom. The van der Waals surface area contributed by atoms with Crippen molar-refractivity contribution in [1.82, 2.24) is 4.57 Å². The Balaban J connectivity index is 1.97. The van der Waals surface area contributed by atoms with Crippen LogP contribution in [0.1, 0.15) is 15.9 Å². The lowest BCUT2D eigenvalue weighted by Crippen LogP contribution is -2.11. The van der Waals surface area contributed by atoms with E-state index in [1.807, 2.05) is 4.57 Å². The Hall–Kier alpha value is -3.48. The maximum atomic E-state index is 13.9. The lowest BCUT2D eigenvalue weighted by molar-refractivity contribution is -0.0504. The minimum atomic E-state index is -2.95. The number of nitrogens with two attached hydrogens (primary N) is 1. The monoisotopic (exact) mass is 384 g/mol. The molecule has 28 heavy (non-hydrogen) atoms. The van der Waals surface area contributed by atoms with E-state index in [0.29, 0.717) is 27.4 Å². The summed E-state index contributed by atoms with van der Waals surface area (Å²) < 4.78 is 45.9. The van der Waals surface area contributed by atoms with Crippen LogP contribution in [-0.4, -0.2) is 17.1 Å². The average Bonchev–Trinajstić information content (AvgIpc) is 2.96. The van der Waals surface area contributed by atoms with Crippen LogP contribution in [0.2, 0.25) is 0 Å². The molecule has 4 rings (SSSR count). The van der Waals surface area contributed by atoms with Crippen LogP contribution in [0.25, 0.3) is 21.8 Å². The second kappa shape index (κ2) is 6.92. The molecule has 0 bridgehead atoms. The third kappa shape index (κ3) is 3.05. The zero-order chi connectivity index (χ0) is 19.8. The minimum Gasteiger partial charge on any atom is -0.434 e. The number of carbonyl (C=O) groups excluding carboxylic acids is 1. The van der Waals surface area contributed by atoms with Crippen LogP contribution < -0.4 is 10.5 Å². The van der Waals surface area contributed by atoms with E-state index in [2.05, 4.69) is 4.74 Å². The molecule has 0 saturated heterocycles. The number of fused-ring (bicyclic) bond motifs is 3. The summed E-state index contributed by atoms with van der Waals surface area (Å²) in [6, 6.07) is 15.7. The van der Waals surface area contributed by atoms with Crippen molar-refractivity contribution in [1.29, 1.82) is 0 Å². The van der Waals surface area contributed by atoms with Gasteiger partial charge in [-0.05, 0) is 36.4 Å². The Kier molecular flexibility index (Phi) is 4.43. The van der Waals surface area contributed by atoms with Gasteiger partial charge in [0.15, 0.2) is 0 Å². The fourth-order valence-corrected chi connectivity index (χ4v) is 3.51. The van der Waals surface area contributed by atoms with E-state index in [0.717, 1.165) is 0 Å². The zero-order valence-electron chi connectivity index (χ0n) is 14.5. The number of hydrogen-bond acceptors (Lipinski definition) is 2. The van der Waals surface area contributed by atoms with Gasteiger partial charge in [0.1, 0.15) is 11.6 Å². The number of hydrogen-bond donors (Lipinski definition) is 1. The molecule has 0 saturated carbocycles. The van der Waals surface area contributed by atoms with E-state index in [9.17, 15) is 18.0 Å². The quantitative estimate of drug-likeness (QED) is 0.543. The van der Waals surface area contributed by atoms with Crippen LogP contribution in [0.4, 0.5) is 13.2 Å². The number of benzene rings is 3. The summed E-state index contributed by atoms with van der Waals surface area (Å²) in [4.78, 5) is 11.9. The highest BCUT2D eigenvalue weighted by Gasteiger charge is 2.18. The van der Waals surface area contributed by atoms with Gasteiger partial charge >= 0.3 is 6.61 Å². The molecule has 7 heteroatoms. The largest absolute Gasteiger partial charge is 0.434 e. The van der Waals surface area contributed by atoms with Gasteiger partial charge in [-0.25, -0.2) is 4.39 Å². The van der Waals surface area contributed by atoms with Gasteiger partial charge < -0.3 is 15.0 Å². The molecule has 0 aliphatic carbocycles. The molecule has 3 aromatic carbocycles. The van der Waals surface area contributed by atoms with E-state index < -0.39 is 18.3 Å². The fraction of sp³-hybridized carbons (Fsp3) is 0.0952. The topological polar surface area (TPSA) is 57.2 Å². The van der Waals surface area contributed by atoms with Crippen LogP contribution in [-0.2, 0) is 6.54 Å². The first-order chi connectivity index (χ1) is 13.5. The molecular formula is C21H15F3N2O2. The highest BCUT2D eigenvalue weighted by Crippen LogP contribution is 2.34. The Labute approximate surface area is 157 Å². The molecule has 0 radical (unpaired) electrons. The Morgan fingerprint density at radius 3 is 2.57 bits per heavy atom. The first-order valence-corrected chi connectivity index (χ1v) is 8.48. The Morgan fingerprint density at radius 2 is 1.82 bits per heavy atom. The second-order valence-corrected chi connectivity index (χ2v) is 6.30. The first-order valence-electron chi connectivity index (χ1n) is 8.48. The van der Waals surface area contributed by atoms with Crippen LogP contribution in [0.3, 0.4) is 0 Å². The first kappa shape index (κ1) is 17.9. The van der Waals surface area contributed by atoms with Gasteiger partial charge in [-0.2, -0.15) is 8.78 Å². The van der Waals surface area contributed by atoms with Crippen molar-refractivity contribution >= 4 is 27.7 Å². The molecular weight excluding hydrogens is 369 g/mol. The van der Waals surface area contributed by atoms with Crippen molar-refractivity contribution in [3.63, 3.8) is 0 Å². The summed E-state index contributed by atoms with van der Waals surface area (Å²) >= 11 is 0. The molecule has 1 heterocycles. The third-order valence-electron chi connectivity index (χ3n) is 4.63. The van der Waals surface area contributed by atoms with Gasteiger partial charge in [-0.1, -0.05) is 24.3 Å². The van der Waals surface area contributed by atoms with Gasteiger partial charge in [0.2, 0.25) is 5.91 Å². The number of carbonyl (C=O) groups is 1. The van der Waals surface area contributed by atoms with Gasteiger partial charge in [0, 0.05) is 27.4 Å². The zero-order valence-corrected chi connectivity index (χ0v) is 14.5. The fourth-order valence-electron chi connectivity index (χ4n) is 3.51. The normalized spacial score (nSPS) is 11.4. The van der Waals surface area contributed by atoms with Gasteiger partial charge in [-0.15, -0.1) is 0 Å². The van der Waals surface area contributed by atoms with E-state index in [4.69, 9.17) is 5.73 Å². The molecule has 1 amide bonds. The second-order valence-electron chi connectivity index (χ2n) is 6.30. The van der Waals surface area contributed by atoms with Crippen LogP contribution >= 0.6 is 0 Å². The number of rotatable bonds is 5. The number of primary amides is 1. The van der Waals surface area contributed by atoms with E-state index >= 15 is 0 Å². The molecule has 2 N–H and O–H groups in total. The summed E-state index contributed by atoms with van der Waals surface area (Å²) in [5, 5.41) is 1.05. The smallest absolute Gasteiger partial charge is 0.387 e. The number of alkyl halides is 2. The predicted molar refractivity (Wildman–Crippen MR) is 100 cm³/mol. The Bertz CT molecular complexity index is 1200. The van der Waals surface area contributed by atoms with Crippen molar-refractivity contribution in [3.05, 3.63) is 77.6 Å². The third-order valence-corrected chi connectivity index (χ3v) is 4.63. The summed E-state index contributed by atoms with van der Waals surface area (Å²) in [5.41, 5.74) is 7.59. The van der Waals surface area contributed by atoms with Crippen molar-refractivity contribution in [2.45, 2.75) is 13.2 Å². The van der Waals surface area contributed by atoms with Gasteiger partial charge in [-0.3, -0.25) is 4.79 Å². The molecule has 0 aliphatic rings. The van der Waals surface area contributed by atoms with Gasteiger partial charge in [0.25, 0.3) is 0 Å². The van der Waals surface area contributed by atoms with Crippen molar-refractivity contribution in [3.8, 4) is 5.75 Å². The number of aromatic nitrogens is 1. The lowest BCUT2D eigenvalue weighted by Gasteiger charge is -2.13. The van der Waals surface area contributed by atoms with E-state index in [-0.39, 0.29) is 17.9 Å². The molecule has 0 spiro atoms. The lowest BCUT2D eigenvalue weighted by atomic mass is 10.1. The highest BCUT2D eigenvalue weighted by molar-refractivity contribution is 6.17. The van der Waals surface area contributed by atoms with Crippen molar-refractivity contribution < 1.29 is 22.7 Å². The van der Waals surface area contributed by atoms with Crippen LogP contribution in [0.15, 0.2) is 60.7 Å². The summed E-state index contributed by atoms with van der Waals surface area (Å²) in [6.45, 7) is -2.76. The maximum Gasteiger partial charge on any atom is 0.387 e. The number of para-hydroxylation sites is 1. The molecule has 0 aliphatic heterocycles. The maximum absolute atomic E-state index is 13.9. The van der Waals surface area contributed by atoms with E-state index in [1.165, 1.54) is 18.2 Å². The number of amides is 1. The molecule has 142 valence electrons. The summed E-state index contributed by atoms with van der Waals surface area (Å²) in [5.74, 6) is -1.02. The SMILES string of the molecule is NC(=O)c1cccc2c1c1cc(F)ccc1n2Cc1ccccc1OC(F)F. The molecule has 0 fully saturated rings. The predicted octanol–water partition coefficient (Wildman–Crippen LogP) is 4.68. The standard InChI is InChI=1S/C21H15F3N2O2/c22-13-8-9-16-15(10-13)19-14(20(25)27)5-3-6-17(19)26(16)11-12-4-1-2-7-18(12)28-21(23)24/h1-10,21H,11H2,(H2,25,27). The van der Waals surface area contributed by atoms with Crippen molar-refractivity contribution in [2.75, 3.05) is 0 Å². The van der Waals surface area contributed by atoms with Gasteiger partial charge in [0.05, 0.1) is 12.1 Å². The highest BCUT2D eigenvalue weighted by atomic mass is 19.3. The minimum absolute atomic E-state index is 0.0562. The summed E-state index contributed by atoms with van der Waals surface area (Å²) in [6.07, 6.45) is 0. The van der Waals surface area contributed by atoms with Crippen LogP contribution in [0, 0.1) is 5.82 Å². The van der Waals surface area contributed by atoms with E-state index in [1.54, 1.807) is 42.5 Å². The summed E-state index contributed by atoms with van der Waals surface area (Å²) in [7, 11) is 0. The molecule has 4 nitrogen and oxygen atoms in total. The number of ether oxygens (including phenoxy) is 1. The number of halogens is 3. The van der Waals surface area contributed by atoms with Crippen LogP contribution in [0.5, 0.6) is 5.75 Å². The molecule has 4 aromatic rings. The number of nitrogens with zero attached hydrogens (tertiary/aromatic N) is 1. The average molecular weight is 384 g/mol. The molecule has 0 unspecified atom stereocenters. The molecule has 1 aromatic heterocycles. The van der Waals surface area contributed by atoms with Crippen molar-refractivity contribution in [2.24, 2.45) is 5.73 Å².